The molecule has 2 unspecified atom stereocenters. The Hall–Kier alpha value is -1.06. The number of nitrogens with one attached hydrogen (secondary N) is 1. The minimum Gasteiger partial charge on any atom is -0.497 e. The lowest BCUT2D eigenvalue weighted by Gasteiger charge is -2.22. The summed E-state index contributed by atoms with van der Waals surface area (Å²) in [4.78, 5) is 2.24. The number of benzene rings is 1. The summed E-state index contributed by atoms with van der Waals surface area (Å²) >= 11 is 0. The summed E-state index contributed by atoms with van der Waals surface area (Å²) < 4.78 is 5.34. The van der Waals surface area contributed by atoms with E-state index in [2.05, 4.69) is 49.4 Å². The second-order valence-electron chi connectivity index (χ2n) is 5.82. The van der Waals surface area contributed by atoms with E-state index in [1.54, 1.807) is 7.11 Å². The highest BCUT2D eigenvalue weighted by Crippen LogP contribution is 2.34. The SMILES string of the molecule is COc1ccc2c(c1)C(NC(C)CCN(C)C)CC2. The van der Waals surface area contributed by atoms with Crippen molar-refractivity contribution in [1.29, 1.82) is 0 Å². The van der Waals surface area contributed by atoms with Gasteiger partial charge >= 0.3 is 0 Å². The standard InChI is InChI=1S/C16H26N2O/c1-12(9-10-18(2)3)17-16-8-6-13-5-7-14(19-4)11-15(13)16/h5,7,11-12,16-17H,6,8-10H2,1-4H3. The second kappa shape index (κ2) is 6.40. The molecule has 1 aliphatic carbocycles. The normalized spacial score (nSPS) is 19.5. The Balaban J connectivity index is 1.97. The van der Waals surface area contributed by atoms with Gasteiger partial charge in [-0.25, -0.2) is 0 Å². The summed E-state index contributed by atoms with van der Waals surface area (Å²) in [6.45, 7) is 3.41. The summed E-state index contributed by atoms with van der Waals surface area (Å²) in [7, 11) is 5.99. The first kappa shape index (κ1) is 14.4. The molecule has 1 aliphatic rings. The molecule has 106 valence electrons. The van der Waals surface area contributed by atoms with E-state index in [9.17, 15) is 0 Å². The smallest absolute Gasteiger partial charge is 0.119 e. The molecule has 1 aromatic rings. The molecule has 0 bridgehead atoms. The zero-order chi connectivity index (χ0) is 13.8. The number of nitrogens with zero attached hydrogens (tertiary/aromatic N) is 1. The second-order valence-corrected chi connectivity index (χ2v) is 5.82. The maximum atomic E-state index is 5.34. The molecule has 0 aromatic heterocycles. The minimum atomic E-state index is 0.488. The first-order chi connectivity index (χ1) is 9.10. The van der Waals surface area contributed by atoms with Gasteiger partial charge in [0.1, 0.15) is 5.75 Å². The Kier molecular flexibility index (Phi) is 4.83. The van der Waals surface area contributed by atoms with Gasteiger partial charge in [-0.1, -0.05) is 6.07 Å². The molecule has 2 atom stereocenters. The van der Waals surface area contributed by atoms with Gasteiger partial charge in [0.2, 0.25) is 0 Å². The molecule has 19 heavy (non-hydrogen) atoms. The van der Waals surface area contributed by atoms with E-state index in [0.717, 1.165) is 12.3 Å². The minimum absolute atomic E-state index is 0.488. The van der Waals surface area contributed by atoms with E-state index in [1.165, 1.54) is 30.4 Å². The third kappa shape index (κ3) is 3.71. The summed E-state index contributed by atoms with van der Waals surface area (Å²) in [5, 5.41) is 3.76. The van der Waals surface area contributed by atoms with Crippen molar-refractivity contribution in [2.75, 3.05) is 27.7 Å². The predicted molar refractivity (Wildman–Crippen MR) is 79.8 cm³/mol. The first-order valence-corrected chi connectivity index (χ1v) is 7.17. The van der Waals surface area contributed by atoms with Crippen molar-refractivity contribution in [1.82, 2.24) is 10.2 Å². The van der Waals surface area contributed by atoms with Crippen LogP contribution in [0.2, 0.25) is 0 Å². The van der Waals surface area contributed by atoms with Crippen molar-refractivity contribution < 1.29 is 4.74 Å². The predicted octanol–water partition coefficient (Wildman–Crippen LogP) is 2.61. The lowest BCUT2D eigenvalue weighted by Crippen LogP contribution is -2.32. The number of aryl methyl sites for hydroxylation is 1. The molecular weight excluding hydrogens is 236 g/mol. The van der Waals surface area contributed by atoms with Gasteiger partial charge in [-0.2, -0.15) is 0 Å². The van der Waals surface area contributed by atoms with Gasteiger partial charge in [-0.05, 0) is 70.1 Å². The molecule has 0 saturated carbocycles. The molecule has 0 saturated heterocycles. The fraction of sp³-hybridized carbons (Fsp3) is 0.625. The number of fused-ring (bicyclic) bond motifs is 1. The van der Waals surface area contributed by atoms with Gasteiger partial charge < -0.3 is 15.0 Å². The molecule has 2 rings (SSSR count). The molecule has 0 radical (unpaired) electrons. The zero-order valence-corrected chi connectivity index (χ0v) is 12.6. The van der Waals surface area contributed by atoms with Crippen LogP contribution in [0.3, 0.4) is 0 Å². The van der Waals surface area contributed by atoms with Crippen LogP contribution in [0.5, 0.6) is 5.75 Å². The topological polar surface area (TPSA) is 24.5 Å². The number of rotatable bonds is 6. The van der Waals surface area contributed by atoms with Crippen molar-refractivity contribution in [3.63, 3.8) is 0 Å². The van der Waals surface area contributed by atoms with Crippen LogP contribution in [-0.2, 0) is 6.42 Å². The monoisotopic (exact) mass is 262 g/mol. The van der Waals surface area contributed by atoms with Crippen LogP contribution < -0.4 is 10.1 Å². The van der Waals surface area contributed by atoms with Crippen LogP contribution in [0.1, 0.15) is 36.9 Å². The van der Waals surface area contributed by atoms with Gasteiger partial charge in [0.25, 0.3) is 0 Å². The molecule has 1 aromatic carbocycles. The molecule has 0 aliphatic heterocycles. The number of ether oxygens (including phenoxy) is 1. The zero-order valence-electron chi connectivity index (χ0n) is 12.6. The average Bonchev–Trinajstić information content (AvgIpc) is 2.79. The number of hydrogen-bond acceptors (Lipinski definition) is 3. The Morgan fingerprint density at radius 1 is 1.42 bits per heavy atom. The molecule has 0 amide bonds. The van der Waals surface area contributed by atoms with Crippen molar-refractivity contribution >= 4 is 0 Å². The fourth-order valence-electron chi connectivity index (χ4n) is 2.76. The van der Waals surface area contributed by atoms with Crippen LogP contribution in [-0.4, -0.2) is 38.7 Å². The van der Waals surface area contributed by atoms with Crippen molar-refractivity contribution in [2.24, 2.45) is 0 Å². The molecule has 1 N–H and O–H groups in total. The van der Waals surface area contributed by atoms with Crippen molar-refractivity contribution in [2.45, 2.75) is 38.3 Å². The van der Waals surface area contributed by atoms with E-state index >= 15 is 0 Å². The van der Waals surface area contributed by atoms with E-state index in [-0.39, 0.29) is 0 Å². The van der Waals surface area contributed by atoms with E-state index in [0.29, 0.717) is 12.1 Å². The summed E-state index contributed by atoms with van der Waals surface area (Å²) in [6, 6.07) is 7.50. The third-order valence-corrected chi connectivity index (χ3v) is 3.93. The lowest BCUT2D eigenvalue weighted by atomic mass is 10.1. The van der Waals surface area contributed by atoms with E-state index in [4.69, 9.17) is 4.74 Å². The number of methoxy groups -OCH3 is 1. The molecule has 3 heteroatoms. The van der Waals surface area contributed by atoms with Crippen LogP contribution >= 0.6 is 0 Å². The largest absolute Gasteiger partial charge is 0.497 e. The fourth-order valence-corrected chi connectivity index (χ4v) is 2.76. The Labute approximate surface area is 116 Å². The molecule has 0 heterocycles. The van der Waals surface area contributed by atoms with Crippen LogP contribution in [0, 0.1) is 0 Å². The Bertz CT molecular complexity index is 417. The maximum Gasteiger partial charge on any atom is 0.119 e. The van der Waals surface area contributed by atoms with Crippen molar-refractivity contribution in [3.8, 4) is 5.75 Å². The summed E-state index contributed by atoms with van der Waals surface area (Å²) in [5.41, 5.74) is 2.90. The van der Waals surface area contributed by atoms with Gasteiger partial charge in [0.05, 0.1) is 7.11 Å². The summed E-state index contributed by atoms with van der Waals surface area (Å²) in [5.74, 6) is 0.966. The maximum absolute atomic E-state index is 5.34. The Morgan fingerprint density at radius 2 is 2.21 bits per heavy atom. The lowest BCUT2D eigenvalue weighted by molar-refractivity contribution is 0.349. The van der Waals surface area contributed by atoms with Crippen molar-refractivity contribution in [3.05, 3.63) is 29.3 Å². The van der Waals surface area contributed by atoms with Gasteiger partial charge in [0, 0.05) is 12.1 Å². The quantitative estimate of drug-likeness (QED) is 0.853. The summed E-state index contributed by atoms with van der Waals surface area (Å²) in [6.07, 6.45) is 3.56. The third-order valence-electron chi connectivity index (χ3n) is 3.93. The number of hydrogen-bond donors (Lipinski definition) is 1. The van der Waals surface area contributed by atoms with Crippen LogP contribution in [0.4, 0.5) is 0 Å². The molecule has 0 fully saturated rings. The van der Waals surface area contributed by atoms with E-state index in [1.807, 2.05) is 0 Å². The van der Waals surface area contributed by atoms with Crippen LogP contribution in [0.25, 0.3) is 0 Å². The van der Waals surface area contributed by atoms with Gasteiger partial charge in [-0.15, -0.1) is 0 Å². The highest BCUT2D eigenvalue weighted by molar-refractivity contribution is 5.40. The molecule has 0 spiro atoms. The Morgan fingerprint density at radius 3 is 2.89 bits per heavy atom. The van der Waals surface area contributed by atoms with Gasteiger partial charge in [-0.3, -0.25) is 0 Å². The highest BCUT2D eigenvalue weighted by Gasteiger charge is 2.23. The highest BCUT2D eigenvalue weighted by atomic mass is 16.5. The van der Waals surface area contributed by atoms with E-state index < -0.39 is 0 Å². The molecule has 3 nitrogen and oxygen atoms in total. The van der Waals surface area contributed by atoms with Crippen LogP contribution in [0.15, 0.2) is 18.2 Å². The first-order valence-electron chi connectivity index (χ1n) is 7.17. The average molecular weight is 262 g/mol. The van der Waals surface area contributed by atoms with Gasteiger partial charge in [0.15, 0.2) is 0 Å². The molecular formula is C16H26N2O.